The van der Waals surface area contributed by atoms with Gasteiger partial charge in [-0.2, -0.15) is 10.2 Å². The second-order valence-electron chi connectivity index (χ2n) is 8.31. The van der Waals surface area contributed by atoms with E-state index in [0.29, 0.717) is 28.3 Å². The van der Waals surface area contributed by atoms with Crippen LogP contribution in [0.3, 0.4) is 0 Å². The van der Waals surface area contributed by atoms with Gasteiger partial charge in [0.2, 0.25) is 0 Å². The zero-order valence-corrected chi connectivity index (χ0v) is 18.8. The Balaban J connectivity index is 1.59. The van der Waals surface area contributed by atoms with E-state index in [1.165, 1.54) is 0 Å². The maximum Gasteiger partial charge on any atom is 0.259 e. The molecule has 0 radical (unpaired) electrons. The van der Waals surface area contributed by atoms with Crippen molar-refractivity contribution in [3.63, 3.8) is 0 Å². The van der Waals surface area contributed by atoms with Crippen molar-refractivity contribution in [2.24, 2.45) is 0 Å². The summed E-state index contributed by atoms with van der Waals surface area (Å²) in [5.41, 5.74) is 5.19. The number of hydrogen-bond acceptors (Lipinski definition) is 6. The molecule has 1 N–H and O–H groups in total. The van der Waals surface area contributed by atoms with Gasteiger partial charge in [-0.25, -0.2) is 4.98 Å². The molecule has 4 aromatic heterocycles. The van der Waals surface area contributed by atoms with Gasteiger partial charge >= 0.3 is 0 Å². The van der Waals surface area contributed by atoms with Crippen LogP contribution >= 0.6 is 0 Å². The number of aryl methyl sites for hydroxylation is 2. The fourth-order valence-electron chi connectivity index (χ4n) is 4.24. The lowest BCUT2D eigenvalue weighted by Crippen LogP contribution is -2.28. The first-order chi connectivity index (χ1) is 15.5. The van der Waals surface area contributed by atoms with Gasteiger partial charge in [-0.05, 0) is 52.7 Å². The van der Waals surface area contributed by atoms with Crippen molar-refractivity contribution in [2.45, 2.75) is 65.6 Å². The molecular weight excluding hydrogens is 406 g/mol. The van der Waals surface area contributed by atoms with Crippen LogP contribution in [0.2, 0.25) is 0 Å². The van der Waals surface area contributed by atoms with E-state index >= 15 is 0 Å². The summed E-state index contributed by atoms with van der Waals surface area (Å²) in [7, 11) is 0. The fourth-order valence-corrected chi connectivity index (χ4v) is 4.24. The number of carbonyl (C=O) groups excluding carboxylic acids is 1. The molecule has 32 heavy (non-hydrogen) atoms. The Kier molecular flexibility index (Phi) is 5.03. The molecule has 0 saturated heterocycles. The van der Waals surface area contributed by atoms with Crippen LogP contribution < -0.4 is 5.32 Å². The molecule has 0 spiro atoms. The number of carbonyl (C=O) groups is 1. The molecule has 0 aromatic carbocycles. The summed E-state index contributed by atoms with van der Waals surface area (Å²) in [6.45, 7) is 9.51. The van der Waals surface area contributed by atoms with E-state index in [1.807, 2.05) is 49.2 Å². The van der Waals surface area contributed by atoms with Crippen molar-refractivity contribution in [3.8, 4) is 11.3 Å². The van der Waals surface area contributed by atoms with E-state index in [9.17, 15) is 4.79 Å². The molecule has 1 aliphatic rings. The molecule has 1 aliphatic carbocycles. The van der Waals surface area contributed by atoms with Gasteiger partial charge in [0.15, 0.2) is 0 Å². The normalized spacial score (nSPS) is 14.8. The highest BCUT2D eigenvalue weighted by Gasteiger charge is 2.30. The second kappa shape index (κ2) is 7.89. The molecule has 166 valence electrons. The van der Waals surface area contributed by atoms with Crippen molar-refractivity contribution in [3.05, 3.63) is 47.2 Å². The predicted octanol–water partition coefficient (Wildman–Crippen LogP) is 4.00. The lowest BCUT2D eigenvalue weighted by molar-refractivity contribution is 0.0939. The van der Waals surface area contributed by atoms with Crippen molar-refractivity contribution < 1.29 is 9.32 Å². The van der Waals surface area contributed by atoms with Gasteiger partial charge in [-0.15, -0.1) is 0 Å². The van der Waals surface area contributed by atoms with Gasteiger partial charge in [-0.1, -0.05) is 5.16 Å². The van der Waals surface area contributed by atoms with E-state index in [1.54, 1.807) is 12.4 Å². The van der Waals surface area contributed by atoms with E-state index < -0.39 is 0 Å². The Hall–Kier alpha value is -3.49. The Morgan fingerprint density at radius 3 is 2.72 bits per heavy atom. The van der Waals surface area contributed by atoms with Gasteiger partial charge < -0.3 is 9.84 Å². The number of aromatic nitrogens is 6. The topological polar surface area (TPSA) is 104 Å². The smallest absolute Gasteiger partial charge is 0.259 e. The molecule has 9 heteroatoms. The monoisotopic (exact) mass is 433 g/mol. The van der Waals surface area contributed by atoms with Gasteiger partial charge in [0.1, 0.15) is 5.69 Å². The maximum absolute atomic E-state index is 13.5. The number of amides is 1. The minimum absolute atomic E-state index is 0.180. The van der Waals surface area contributed by atoms with Crippen LogP contribution in [0.5, 0.6) is 0 Å². The zero-order valence-electron chi connectivity index (χ0n) is 18.8. The molecule has 5 rings (SSSR count). The predicted molar refractivity (Wildman–Crippen MR) is 119 cm³/mol. The molecule has 4 heterocycles. The van der Waals surface area contributed by atoms with Crippen LogP contribution in [-0.2, 0) is 13.1 Å². The average Bonchev–Trinajstić information content (AvgIpc) is 3.21. The van der Waals surface area contributed by atoms with Crippen molar-refractivity contribution >= 4 is 17.0 Å². The van der Waals surface area contributed by atoms with E-state index in [0.717, 1.165) is 48.6 Å². The van der Waals surface area contributed by atoms with Gasteiger partial charge in [0.25, 0.3) is 11.6 Å². The van der Waals surface area contributed by atoms with Crippen LogP contribution in [0.1, 0.15) is 73.0 Å². The third kappa shape index (κ3) is 3.37. The standard InChI is InChI=1S/C23H27N7O2/c1-5-29-14(4)17(12-25-29)21-20-16(11-18(15-7-8-15)27-23(20)32-28-21)22(31)26-13(3)19-9-10-24-30(19)6-2/h9-13,15H,5-8H2,1-4H3,(H,26,31)/t13-/m0/s1. The maximum atomic E-state index is 13.5. The lowest BCUT2D eigenvalue weighted by Gasteiger charge is -2.16. The number of nitrogens with one attached hydrogen (secondary N) is 1. The summed E-state index contributed by atoms with van der Waals surface area (Å²) in [6.07, 6.45) is 5.68. The first-order valence-electron chi connectivity index (χ1n) is 11.2. The summed E-state index contributed by atoms with van der Waals surface area (Å²) >= 11 is 0. The largest absolute Gasteiger partial charge is 0.344 e. The van der Waals surface area contributed by atoms with Gasteiger partial charge in [-0.3, -0.25) is 14.2 Å². The molecule has 1 amide bonds. The minimum Gasteiger partial charge on any atom is -0.344 e. The Labute approximate surface area is 185 Å². The molecule has 0 aliphatic heterocycles. The van der Waals surface area contributed by atoms with Crippen LogP contribution in [0.4, 0.5) is 0 Å². The quantitative estimate of drug-likeness (QED) is 0.472. The Morgan fingerprint density at radius 1 is 1.25 bits per heavy atom. The third-order valence-corrected chi connectivity index (χ3v) is 6.20. The molecule has 1 saturated carbocycles. The molecule has 9 nitrogen and oxygen atoms in total. The summed E-state index contributed by atoms with van der Waals surface area (Å²) in [5, 5.41) is 16.8. The SMILES string of the molecule is CCn1nccc1[C@H](C)NC(=O)c1cc(C2CC2)nc2onc(-c3cnn(CC)c3C)c12. The highest BCUT2D eigenvalue weighted by molar-refractivity contribution is 6.09. The second-order valence-corrected chi connectivity index (χ2v) is 8.31. The molecule has 0 bridgehead atoms. The van der Waals surface area contributed by atoms with Crippen molar-refractivity contribution in [1.29, 1.82) is 0 Å². The highest BCUT2D eigenvalue weighted by Crippen LogP contribution is 2.41. The van der Waals surface area contributed by atoms with Gasteiger partial charge in [0, 0.05) is 42.2 Å². The Morgan fingerprint density at radius 2 is 2.03 bits per heavy atom. The van der Waals surface area contributed by atoms with Crippen molar-refractivity contribution in [2.75, 3.05) is 0 Å². The first kappa shape index (κ1) is 20.4. The minimum atomic E-state index is -0.203. The number of pyridine rings is 1. The molecule has 1 fully saturated rings. The number of rotatable bonds is 7. The van der Waals surface area contributed by atoms with Crippen molar-refractivity contribution in [1.82, 2.24) is 35.0 Å². The summed E-state index contributed by atoms with van der Waals surface area (Å²) in [5.74, 6) is 0.198. The third-order valence-electron chi connectivity index (χ3n) is 6.20. The number of nitrogens with zero attached hydrogens (tertiary/aromatic N) is 6. The molecule has 0 unspecified atom stereocenters. The molecule has 1 atom stereocenters. The Bertz CT molecular complexity index is 1300. The first-order valence-corrected chi connectivity index (χ1v) is 11.2. The fraction of sp³-hybridized carbons (Fsp3) is 0.435. The molecular formula is C23H27N7O2. The van der Waals surface area contributed by atoms with E-state index in [4.69, 9.17) is 4.52 Å². The highest BCUT2D eigenvalue weighted by atomic mass is 16.5. The van der Waals surface area contributed by atoms with Crippen LogP contribution in [0, 0.1) is 6.92 Å². The van der Waals surface area contributed by atoms with Crippen LogP contribution in [0.15, 0.2) is 29.0 Å². The summed E-state index contributed by atoms with van der Waals surface area (Å²) in [6, 6.07) is 3.63. The van der Waals surface area contributed by atoms with Gasteiger partial charge in [0.05, 0.1) is 28.9 Å². The van der Waals surface area contributed by atoms with E-state index in [2.05, 4.69) is 25.7 Å². The number of hydrogen-bond donors (Lipinski definition) is 1. The summed E-state index contributed by atoms with van der Waals surface area (Å²) in [4.78, 5) is 18.2. The average molecular weight is 434 g/mol. The van der Waals surface area contributed by atoms with E-state index in [-0.39, 0.29) is 11.9 Å². The summed E-state index contributed by atoms with van der Waals surface area (Å²) < 4.78 is 9.42. The lowest BCUT2D eigenvalue weighted by atomic mass is 10.0. The number of fused-ring (bicyclic) bond motifs is 1. The van der Waals surface area contributed by atoms with Crippen LogP contribution in [-0.4, -0.2) is 35.6 Å². The zero-order chi connectivity index (χ0) is 22.4. The molecule has 4 aromatic rings. The van der Waals surface area contributed by atoms with Crippen LogP contribution in [0.25, 0.3) is 22.4 Å².